The molecule has 2 fully saturated rings. The van der Waals surface area contributed by atoms with Crippen LogP contribution in [0.5, 0.6) is 0 Å². The molecule has 2 aliphatic rings. The average Bonchev–Trinajstić information content (AvgIpc) is 3.24. The Morgan fingerprint density at radius 1 is 1.00 bits per heavy atom. The van der Waals surface area contributed by atoms with Crippen molar-refractivity contribution in [3.8, 4) is 0 Å². The molecular weight excluding hydrogens is 444 g/mol. The fourth-order valence-electron chi connectivity index (χ4n) is 3.85. The van der Waals surface area contributed by atoms with Gasteiger partial charge < -0.3 is 4.90 Å². The van der Waals surface area contributed by atoms with Crippen LogP contribution in [-0.4, -0.2) is 73.5 Å². The molecule has 2 aromatic rings. The summed E-state index contributed by atoms with van der Waals surface area (Å²) in [5, 5.41) is -0.344. The SMILES string of the molecule is O=C(CN1CCN(S(=O)(=O)c2cccc(F)c2)CC1)N1CCSC1c1ccccc1F. The second kappa shape index (κ2) is 9.23. The van der Waals surface area contributed by atoms with E-state index in [-0.39, 0.29) is 41.6 Å². The zero-order chi connectivity index (χ0) is 22.0. The molecule has 0 spiro atoms. The van der Waals surface area contributed by atoms with Crippen LogP contribution in [0, 0.1) is 11.6 Å². The van der Waals surface area contributed by atoms with Gasteiger partial charge >= 0.3 is 0 Å². The summed E-state index contributed by atoms with van der Waals surface area (Å²) >= 11 is 1.54. The van der Waals surface area contributed by atoms with Crippen LogP contribution in [0.2, 0.25) is 0 Å². The number of carbonyl (C=O) groups is 1. The molecule has 2 saturated heterocycles. The van der Waals surface area contributed by atoms with E-state index < -0.39 is 15.8 Å². The molecule has 6 nitrogen and oxygen atoms in total. The van der Waals surface area contributed by atoms with Crippen LogP contribution in [0.3, 0.4) is 0 Å². The van der Waals surface area contributed by atoms with Gasteiger partial charge in [0.15, 0.2) is 0 Å². The molecule has 1 amide bonds. The maximum absolute atomic E-state index is 14.2. The van der Waals surface area contributed by atoms with Crippen LogP contribution in [0.25, 0.3) is 0 Å². The molecule has 0 saturated carbocycles. The fraction of sp³-hybridized carbons (Fsp3) is 0.381. The van der Waals surface area contributed by atoms with Crippen molar-refractivity contribution in [2.24, 2.45) is 0 Å². The third-order valence-corrected chi connectivity index (χ3v) is 8.64. The van der Waals surface area contributed by atoms with Crippen molar-refractivity contribution in [3.05, 3.63) is 65.7 Å². The Hall–Kier alpha value is -2.01. The van der Waals surface area contributed by atoms with E-state index in [0.29, 0.717) is 25.2 Å². The van der Waals surface area contributed by atoms with E-state index >= 15 is 0 Å². The molecule has 2 heterocycles. The van der Waals surface area contributed by atoms with Crippen molar-refractivity contribution in [2.75, 3.05) is 45.0 Å². The van der Waals surface area contributed by atoms with E-state index in [1.54, 1.807) is 23.1 Å². The molecule has 0 aliphatic carbocycles. The highest BCUT2D eigenvalue weighted by Crippen LogP contribution is 2.39. The Bertz CT molecular complexity index is 1060. The monoisotopic (exact) mass is 467 g/mol. The summed E-state index contributed by atoms with van der Waals surface area (Å²) in [7, 11) is -3.78. The minimum Gasteiger partial charge on any atom is -0.325 e. The third-order valence-electron chi connectivity index (χ3n) is 5.51. The van der Waals surface area contributed by atoms with Crippen LogP contribution in [0.4, 0.5) is 8.78 Å². The number of amides is 1. The minimum atomic E-state index is -3.78. The molecule has 31 heavy (non-hydrogen) atoms. The number of thioether (sulfide) groups is 1. The number of halogens is 2. The number of sulfonamides is 1. The van der Waals surface area contributed by atoms with E-state index in [0.717, 1.165) is 11.8 Å². The van der Waals surface area contributed by atoms with Gasteiger partial charge in [-0.2, -0.15) is 4.31 Å². The lowest BCUT2D eigenvalue weighted by Crippen LogP contribution is -2.51. The quantitative estimate of drug-likeness (QED) is 0.677. The van der Waals surface area contributed by atoms with Gasteiger partial charge in [0.05, 0.1) is 11.4 Å². The van der Waals surface area contributed by atoms with Crippen molar-refractivity contribution < 1.29 is 22.0 Å². The number of rotatable bonds is 5. The van der Waals surface area contributed by atoms with Gasteiger partial charge in [-0.1, -0.05) is 24.3 Å². The highest BCUT2D eigenvalue weighted by Gasteiger charge is 2.34. The summed E-state index contributed by atoms with van der Waals surface area (Å²) in [6.07, 6.45) is 0. The highest BCUT2D eigenvalue weighted by molar-refractivity contribution is 7.99. The Kier molecular flexibility index (Phi) is 6.61. The van der Waals surface area contributed by atoms with E-state index in [1.807, 2.05) is 4.90 Å². The second-order valence-corrected chi connectivity index (χ2v) is 10.6. The van der Waals surface area contributed by atoms with E-state index in [2.05, 4.69) is 0 Å². The maximum Gasteiger partial charge on any atom is 0.243 e. The number of hydrogen-bond acceptors (Lipinski definition) is 5. The molecule has 10 heteroatoms. The van der Waals surface area contributed by atoms with Crippen molar-refractivity contribution in [1.29, 1.82) is 0 Å². The molecule has 1 unspecified atom stereocenters. The first kappa shape index (κ1) is 22.2. The Labute approximate surface area is 184 Å². The normalized spacial score (nSPS) is 20.8. The number of carbonyl (C=O) groups excluding carboxylic acids is 1. The highest BCUT2D eigenvalue weighted by atomic mass is 32.2. The summed E-state index contributed by atoms with van der Waals surface area (Å²) in [4.78, 5) is 16.4. The lowest BCUT2D eigenvalue weighted by atomic mass is 10.2. The molecule has 0 bridgehead atoms. The smallest absolute Gasteiger partial charge is 0.243 e. The number of benzene rings is 2. The van der Waals surface area contributed by atoms with E-state index in [4.69, 9.17) is 0 Å². The summed E-state index contributed by atoms with van der Waals surface area (Å²) in [5.74, 6) is -0.279. The molecule has 2 aliphatic heterocycles. The molecule has 4 rings (SSSR count). The number of hydrogen-bond donors (Lipinski definition) is 0. The zero-order valence-corrected chi connectivity index (χ0v) is 18.4. The summed E-state index contributed by atoms with van der Waals surface area (Å²) in [6.45, 7) is 1.93. The lowest BCUT2D eigenvalue weighted by molar-refractivity contribution is -0.132. The zero-order valence-electron chi connectivity index (χ0n) is 16.8. The van der Waals surface area contributed by atoms with Crippen molar-refractivity contribution in [3.63, 3.8) is 0 Å². The molecule has 166 valence electrons. The van der Waals surface area contributed by atoms with Gasteiger partial charge in [0.25, 0.3) is 0 Å². The predicted octanol–water partition coefficient (Wildman–Crippen LogP) is 2.55. The van der Waals surface area contributed by atoms with Crippen LogP contribution in [0.15, 0.2) is 53.4 Å². The fourth-order valence-corrected chi connectivity index (χ4v) is 6.60. The van der Waals surface area contributed by atoms with Crippen molar-refractivity contribution in [2.45, 2.75) is 10.3 Å². The Morgan fingerprint density at radius 3 is 2.45 bits per heavy atom. The number of nitrogens with zero attached hydrogens (tertiary/aromatic N) is 3. The topological polar surface area (TPSA) is 60.9 Å². The van der Waals surface area contributed by atoms with Gasteiger partial charge in [0.2, 0.25) is 15.9 Å². The molecular formula is C21H23F2N3O3S2. The van der Waals surface area contributed by atoms with Gasteiger partial charge in [-0.25, -0.2) is 17.2 Å². The first-order valence-electron chi connectivity index (χ1n) is 10.00. The van der Waals surface area contributed by atoms with Gasteiger partial charge in [-0.05, 0) is 24.3 Å². The molecule has 0 radical (unpaired) electrons. The Balaban J connectivity index is 1.36. The van der Waals surface area contributed by atoms with Crippen molar-refractivity contribution >= 4 is 27.7 Å². The first-order chi connectivity index (χ1) is 14.9. The van der Waals surface area contributed by atoms with Crippen LogP contribution >= 0.6 is 11.8 Å². The molecule has 2 aromatic carbocycles. The van der Waals surface area contributed by atoms with Crippen LogP contribution in [-0.2, 0) is 14.8 Å². The van der Waals surface area contributed by atoms with Crippen LogP contribution < -0.4 is 0 Å². The van der Waals surface area contributed by atoms with Gasteiger partial charge in [0, 0.05) is 44.0 Å². The van der Waals surface area contributed by atoms with Gasteiger partial charge in [0.1, 0.15) is 17.0 Å². The standard InChI is InChI=1S/C21H23F2N3O3S2/c22-16-4-3-5-17(14-16)31(28,29)25-10-8-24(9-11-25)15-20(27)26-12-13-30-21(26)18-6-1-2-7-19(18)23/h1-7,14,21H,8-13,15H2. The van der Waals surface area contributed by atoms with E-state index in [1.165, 1.54) is 40.3 Å². The van der Waals surface area contributed by atoms with Gasteiger partial charge in [-0.3, -0.25) is 9.69 Å². The summed E-state index contributed by atoms with van der Waals surface area (Å²) < 4.78 is 54.4. The summed E-state index contributed by atoms with van der Waals surface area (Å²) in [6, 6.07) is 11.5. The van der Waals surface area contributed by atoms with Crippen LogP contribution in [0.1, 0.15) is 10.9 Å². The third kappa shape index (κ3) is 4.77. The largest absolute Gasteiger partial charge is 0.325 e. The first-order valence-corrected chi connectivity index (χ1v) is 12.5. The van der Waals surface area contributed by atoms with Crippen molar-refractivity contribution in [1.82, 2.24) is 14.1 Å². The maximum atomic E-state index is 14.2. The molecule has 1 atom stereocenters. The number of piperazine rings is 1. The minimum absolute atomic E-state index is 0.0705. The second-order valence-electron chi connectivity index (χ2n) is 7.47. The average molecular weight is 468 g/mol. The summed E-state index contributed by atoms with van der Waals surface area (Å²) in [5.41, 5.74) is 0.504. The van der Waals surface area contributed by atoms with E-state index in [9.17, 15) is 22.0 Å². The molecule has 0 N–H and O–H groups in total. The van der Waals surface area contributed by atoms with Gasteiger partial charge in [-0.15, -0.1) is 11.8 Å². The molecule has 0 aromatic heterocycles. The predicted molar refractivity (Wildman–Crippen MR) is 115 cm³/mol. The Morgan fingerprint density at radius 2 is 1.74 bits per heavy atom. The lowest BCUT2D eigenvalue weighted by Gasteiger charge is -2.35.